The van der Waals surface area contributed by atoms with E-state index in [4.69, 9.17) is 37.9 Å². The van der Waals surface area contributed by atoms with E-state index in [2.05, 4.69) is 54.5 Å². The van der Waals surface area contributed by atoms with Crippen LogP contribution in [0.4, 0.5) is 0 Å². The van der Waals surface area contributed by atoms with E-state index < -0.39 is 159 Å². The number of ether oxygens (including phenoxy) is 8. The van der Waals surface area contributed by atoms with Crippen LogP contribution in [0.5, 0.6) is 0 Å². The Balaban J connectivity index is 0.968. The number of fused-ring (bicyclic) bond motifs is 7. The molecule has 27 atom stereocenters. The molecule has 0 bridgehead atoms. The Morgan fingerprint density at radius 3 is 1.95 bits per heavy atom. The van der Waals surface area contributed by atoms with Crippen LogP contribution in [0.2, 0.25) is 0 Å². The third kappa shape index (κ3) is 9.36. The van der Waals surface area contributed by atoms with Crippen molar-refractivity contribution in [1.29, 1.82) is 0 Å². The van der Waals surface area contributed by atoms with E-state index in [9.17, 15) is 70.9 Å². The maximum absolute atomic E-state index is 14.8. The SMILES string of the molecule is C[C@@H]1O[C@@H](O[C@@H]2[C@@H](O)[C@H](O[C@H]3CC[C@@]4(C)C(CC[C@]5(C)C4CC=C4C6CC(C)(C)CC[C@]6(C(=O)O[C@@H]6O[C@H](CO)[C@@H](O)[C@H](O)[C@H]6O)CC[C@]45C)C3(C)C)O[C@H](C(=O)O)[C@H]2O[C@@H]2OC[C@@H](O)[C@H](O)[C@H]2O)[C@H](O)[C@H](O)[C@H]1O. The van der Waals surface area contributed by atoms with E-state index in [1.54, 1.807) is 0 Å². The van der Waals surface area contributed by atoms with Gasteiger partial charge in [-0.25, -0.2) is 4.79 Å². The smallest absolute Gasteiger partial charge is 0.335 e. The fourth-order valence-corrected chi connectivity index (χ4v) is 16.2. The number of hydrogen-bond donors (Lipinski definition) is 12. The highest BCUT2D eigenvalue weighted by molar-refractivity contribution is 5.79. The molecule has 9 rings (SSSR count). The molecule has 0 aromatic heterocycles. The highest BCUT2D eigenvalue weighted by Gasteiger charge is 2.70. The number of carboxylic acids is 1. The van der Waals surface area contributed by atoms with Gasteiger partial charge in [0.1, 0.15) is 79.4 Å². The average Bonchev–Trinajstić information content (AvgIpc) is 3.35. The fourth-order valence-electron chi connectivity index (χ4n) is 16.2. The van der Waals surface area contributed by atoms with E-state index in [0.29, 0.717) is 32.1 Å². The van der Waals surface area contributed by atoms with Crippen LogP contribution in [-0.2, 0) is 47.5 Å². The van der Waals surface area contributed by atoms with Gasteiger partial charge in [0.15, 0.2) is 25.0 Å². The van der Waals surface area contributed by atoms with Crippen molar-refractivity contribution in [3.63, 3.8) is 0 Å². The van der Waals surface area contributed by atoms with Gasteiger partial charge in [-0.3, -0.25) is 4.79 Å². The molecule has 5 aliphatic carbocycles. The topological polar surface area (TPSA) is 351 Å². The maximum Gasteiger partial charge on any atom is 0.335 e. The van der Waals surface area contributed by atoms with E-state index in [1.807, 2.05) is 0 Å². The first kappa shape index (κ1) is 57.6. The van der Waals surface area contributed by atoms with Gasteiger partial charge in [0.05, 0.1) is 30.8 Å². The second kappa shape index (κ2) is 20.5. The first-order chi connectivity index (χ1) is 35.0. The summed E-state index contributed by atoms with van der Waals surface area (Å²) in [4.78, 5) is 27.9. The van der Waals surface area contributed by atoms with Crippen LogP contribution >= 0.6 is 0 Å². The zero-order chi connectivity index (χ0) is 54.9. The summed E-state index contributed by atoms with van der Waals surface area (Å²) in [5, 5.41) is 128. The second-order valence-electron chi connectivity index (χ2n) is 25.8. The van der Waals surface area contributed by atoms with Crippen molar-refractivity contribution in [2.45, 2.75) is 242 Å². The molecule has 0 aromatic rings. The summed E-state index contributed by atoms with van der Waals surface area (Å²) < 4.78 is 47.7. The quantitative estimate of drug-likeness (QED) is 0.0761. The van der Waals surface area contributed by atoms with E-state index >= 15 is 0 Å². The van der Waals surface area contributed by atoms with Crippen LogP contribution in [0.15, 0.2) is 11.6 Å². The largest absolute Gasteiger partial charge is 0.479 e. The van der Waals surface area contributed by atoms with Gasteiger partial charge in [-0.05, 0) is 116 Å². The summed E-state index contributed by atoms with van der Waals surface area (Å²) >= 11 is 0. The van der Waals surface area contributed by atoms with Crippen LogP contribution in [0, 0.1) is 50.2 Å². The zero-order valence-corrected chi connectivity index (χ0v) is 44.3. The number of carbonyl (C=O) groups is 2. The lowest BCUT2D eigenvalue weighted by molar-refractivity contribution is -0.383. The van der Waals surface area contributed by atoms with Crippen molar-refractivity contribution in [2.24, 2.45) is 50.2 Å². The van der Waals surface area contributed by atoms with Gasteiger partial charge in [0.25, 0.3) is 0 Å². The van der Waals surface area contributed by atoms with E-state index in [0.717, 1.165) is 32.1 Å². The number of aliphatic hydroxyl groups is 11. The molecule has 75 heavy (non-hydrogen) atoms. The van der Waals surface area contributed by atoms with Crippen molar-refractivity contribution < 1.29 is 109 Å². The van der Waals surface area contributed by atoms with Gasteiger partial charge in [-0.2, -0.15) is 0 Å². The third-order valence-corrected chi connectivity index (χ3v) is 21.0. The lowest BCUT2D eigenvalue weighted by Crippen LogP contribution is -2.68. The van der Waals surface area contributed by atoms with Crippen molar-refractivity contribution in [3.8, 4) is 0 Å². The minimum absolute atomic E-state index is 0.0521. The molecule has 8 fully saturated rings. The Bertz CT molecular complexity index is 2120. The molecule has 0 aromatic carbocycles. The molecule has 4 aliphatic heterocycles. The van der Waals surface area contributed by atoms with Gasteiger partial charge in [0, 0.05) is 0 Å². The predicted molar refractivity (Wildman–Crippen MR) is 256 cm³/mol. The zero-order valence-electron chi connectivity index (χ0n) is 44.3. The number of aliphatic hydroxyl groups excluding tert-OH is 11. The summed E-state index contributed by atoms with van der Waals surface area (Å²) in [5.74, 6) is -2.07. The van der Waals surface area contributed by atoms with Gasteiger partial charge in [-0.15, -0.1) is 0 Å². The first-order valence-corrected chi connectivity index (χ1v) is 27.1. The van der Waals surface area contributed by atoms with Crippen LogP contribution < -0.4 is 0 Å². The number of allylic oxidation sites excluding steroid dienone is 2. The van der Waals surface area contributed by atoms with Crippen LogP contribution in [0.1, 0.15) is 120 Å². The van der Waals surface area contributed by atoms with Crippen molar-refractivity contribution in [2.75, 3.05) is 13.2 Å². The number of rotatable bonds is 10. The molecule has 4 heterocycles. The highest BCUT2D eigenvalue weighted by atomic mass is 16.8. The molecule has 4 saturated carbocycles. The molecule has 0 spiro atoms. The highest BCUT2D eigenvalue weighted by Crippen LogP contribution is 2.76. The predicted octanol–water partition coefficient (Wildman–Crippen LogP) is -0.276. The van der Waals surface area contributed by atoms with Crippen molar-refractivity contribution in [1.82, 2.24) is 0 Å². The standard InChI is InChI=1S/C53H84O22/c1-22-30(56)33(59)36(62)44(69-22)72-39-38(64)46(74-41(42(65)66)40(39)73-43-35(61)31(57)25(55)21-68-43)71-29-12-13-50(6)27(49(29,4)5)11-14-52(8)28(50)10-9-23-24-19-48(2,3)15-17-53(24,18-16-51(23,52)7)47(67)75-45-37(63)34(60)32(58)26(20-54)70-45/h9,22,24-41,43-46,54-64H,10-21H2,1-8H3,(H,65,66)/t22-,24?,25+,26+,27?,28?,29-,30-,31-,32+,33+,34-,35+,36+,37+,38+,39+,40-,41-,43-,44-,45-,46+,50-,51+,52+,53-/m0/s1. The first-order valence-electron chi connectivity index (χ1n) is 27.1. The molecule has 0 radical (unpaired) electrons. The monoisotopic (exact) mass is 1070 g/mol. The molecular formula is C53H84O22. The van der Waals surface area contributed by atoms with Gasteiger partial charge < -0.3 is 99.2 Å². The number of carbonyl (C=O) groups excluding carboxylic acids is 1. The van der Waals surface area contributed by atoms with Crippen LogP contribution in [0.3, 0.4) is 0 Å². The number of hydrogen-bond acceptors (Lipinski definition) is 21. The molecule has 9 aliphatic rings. The summed E-state index contributed by atoms with van der Waals surface area (Å²) in [6.07, 6.45) is -23.2. The molecule has 428 valence electrons. The van der Waals surface area contributed by atoms with E-state index in [-0.39, 0.29) is 39.4 Å². The summed E-state index contributed by atoms with van der Waals surface area (Å²) in [5.41, 5.74) is -1.21. The molecule has 4 saturated heterocycles. The number of carboxylic acid groups (broad SMARTS) is 1. The summed E-state index contributed by atoms with van der Waals surface area (Å²) in [7, 11) is 0. The summed E-state index contributed by atoms with van der Waals surface area (Å²) in [6.45, 7) is 16.0. The number of esters is 1. The second-order valence-corrected chi connectivity index (χ2v) is 25.8. The van der Waals surface area contributed by atoms with Gasteiger partial charge in [-0.1, -0.05) is 60.1 Å². The lowest BCUT2D eigenvalue weighted by atomic mass is 9.33. The Morgan fingerprint density at radius 2 is 1.27 bits per heavy atom. The van der Waals surface area contributed by atoms with E-state index in [1.165, 1.54) is 12.5 Å². The van der Waals surface area contributed by atoms with Crippen molar-refractivity contribution >= 4 is 11.9 Å². The van der Waals surface area contributed by atoms with Crippen molar-refractivity contribution in [3.05, 3.63) is 11.6 Å². The minimum Gasteiger partial charge on any atom is -0.479 e. The lowest BCUT2D eigenvalue weighted by Gasteiger charge is -2.71. The van der Waals surface area contributed by atoms with Gasteiger partial charge >= 0.3 is 11.9 Å². The normalized spacial score (nSPS) is 53.5. The molecule has 0 amide bonds. The minimum atomic E-state index is -1.98. The Labute approximate surface area is 437 Å². The molecule has 22 nitrogen and oxygen atoms in total. The third-order valence-electron chi connectivity index (χ3n) is 21.0. The Morgan fingerprint density at radius 1 is 0.640 bits per heavy atom. The number of aliphatic carboxylic acids is 1. The molecular weight excluding hydrogens is 989 g/mol. The fraction of sp³-hybridized carbons (Fsp3) is 0.925. The maximum atomic E-state index is 14.8. The van der Waals surface area contributed by atoms with Crippen LogP contribution in [-0.4, -0.2) is 209 Å². The van der Waals surface area contributed by atoms with Crippen LogP contribution in [0.25, 0.3) is 0 Å². The average molecular weight is 1070 g/mol. The molecule has 12 N–H and O–H groups in total. The Kier molecular flexibility index (Phi) is 15.8. The summed E-state index contributed by atoms with van der Waals surface area (Å²) in [6, 6.07) is 0. The molecule has 3 unspecified atom stereocenters. The molecule has 22 heteroatoms. The Hall–Kier alpha value is -2.04. The van der Waals surface area contributed by atoms with Gasteiger partial charge in [0.2, 0.25) is 6.29 Å².